The molecule has 0 fully saturated rings. The van der Waals surface area contributed by atoms with Crippen molar-refractivity contribution in [2.75, 3.05) is 13.2 Å². The largest absolute Gasteiger partial charge is 0.494 e. The van der Waals surface area contributed by atoms with E-state index in [-0.39, 0.29) is 0 Å². The van der Waals surface area contributed by atoms with Gasteiger partial charge in [-0.05, 0) is 43.5 Å². The number of aromatic nitrogens is 2. The Morgan fingerprint density at radius 2 is 1.32 bits per heavy atom. The van der Waals surface area contributed by atoms with E-state index in [1.54, 1.807) is 0 Å². The van der Waals surface area contributed by atoms with Crippen molar-refractivity contribution in [3.8, 4) is 28.4 Å². The van der Waals surface area contributed by atoms with E-state index in [4.69, 9.17) is 9.72 Å². The van der Waals surface area contributed by atoms with Gasteiger partial charge >= 0.3 is 0 Å². The van der Waals surface area contributed by atoms with Gasteiger partial charge in [0.15, 0.2) is 0 Å². The molecule has 4 nitrogen and oxygen atoms in total. The summed E-state index contributed by atoms with van der Waals surface area (Å²) in [5, 5.41) is 0. The summed E-state index contributed by atoms with van der Waals surface area (Å²) in [7, 11) is 0. The van der Waals surface area contributed by atoms with Crippen LogP contribution in [0.4, 0.5) is 0 Å². The van der Waals surface area contributed by atoms with E-state index in [1.165, 1.54) is 48.1 Å². The molecule has 0 spiro atoms. The van der Waals surface area contributed by atoms with Crippen LogP contribution in [0.1, 0.15) is 77.0 Å². The van der Waals surface area contributed by atoms with E-state index in [0.717, 1.165) is 69.3 Å². The fourth-order valence-electron chi connectivity index (χ4n) is 5.13. The van der Waals surface area contributed by atoms with Gasteiger partial charge < -0.3 is 9.30 Å². The van der Waals surface area contributed by atoms with Crippen molar-refractivity contribution < 1.29 is 4.74 Å². The van der Waals surface area contributed by atoms with Crippen LogP contribution >= 0.6 is 0 Å². The molecule has 40 heavy (non-hydrogen) atoms. The smallest absolute Gasteiger partial charge is 0.140 e. The van der Waals surface area contributed by atoms with E-state index in [9.17, 15) is 0 Å². The van der Waals surface area contributed by atoms with Crippen LogP contribution in [-0.2, 0) is 19.6 Å². The van der Waals surface area contributed by atoms with Crippen LogP contribution in [0.5, 0.6) is 5.75 Å². The minimum Gasteiger partial charge on any atom is -0.494 e. The number of imidazole rings is 1. The first-order valence-corrected chi connectivity index (χ1v) is 15.4. The van der Waals surface area contributed by atoms with Crippen LogP contribution in [-0.4, -0.2) is 27.6 Å². The molecule has 0 bridgehead atoms. The van der Waals surface area contributed by atoms with Gasteiger partial charge in [-0.2, -0.15) is 0 Å². The van der Waals surface area contributed by atoms with Crippen LogP contribution in [0, 0.1) is 0 Å². The topological polar surface area (TPSA) is 30.3 Å². The van der Waals surface area contributed by atoms with Crippen LogP contribution in [0.2, 0.25) is 0 Å². The number of ether oxygens (including phenoxy) is 1. The lowest BCUT2D eigenvalue weighted by atomic mass is 10.1. The molecule has 3 aromatic carbocycles. The highest BCUT2D eigenvalue weighted by molar-refractivity contribution is 5.68. The molecule has 212 valence electrons. The predicted octanol–water partition coefficient (Wildman–Crippen LogP) is 9.39. The highest BCUT2D eigenvalue weighted by atomic mass is 16.5. The van der Waals surface area contributed by atoms with Gasteiger partial charge in [0.05, 0.1) is 18.0 Å². The average molecular weight is 538 g/mol. The lowest BCUT2D eigenvalue weighted by Gasteiger charge is -2.24. The maximum Gasteiger partial charge on any atom is 0.140 e. The van der Waals surface area contributed by atoms with E-state index < -0.39 is 0 Å². The number of benzene rings is 3. The fourth-order valence-corrected chi connectivity index (χ4v) is 5.13. The second-order valence-electron chi connectivity index (χ2n) is 10.7. The van der Waals surface area contributed by atoms with Crippen molar-refractivity contribution >= 4 is 0 Å². The number of unbranched alkanes of at least 4 members (excludes halogenated alkanes) is 4. The first kappa shape index (κ1) is 29.6. The van der Waals surface area contributed by atoms with Gasteiger partial charge in [-0.3, -0.25) is 4.90 Å². The van der Waals surface area contributed by atoms with E-state index in [1.807, 2.05) is 0 Å². The number of nitrogens with zero attached hydrogens (tertiary/aromatic N) is 3. The summed E-state index contributed by atoms with van der Waals surface area (Å²) in [5.74, 6) is 2.04. The number of hydrogen-bond donors (Lipinski definition) is 0. The average Bonchev–Trinajstić information content (AvgIpc) is 3.35. The molecule has 4 aromatic rings. The van der Waals surface area contributed by atoms with Crippen molar-refractivity contribution in [2.45, 2.75) is 85.4 Å². The van der Waals surface area contributed by atoms with Gasteiger partial charge in [0.25, 0.3) is 0 Å². The van der Waals surface area contributed by atoms with Crippen LogP contribution in [0.15, 0.2) is 84.9 Å². The molecule has 0 atom stereocenters. The van der Waals surface area contributed by atoms with E-state index in [0.29, 0.717) is 0 Å². The Balaban J connectivity index is 1.68. The Labute approximate surface area is 242 Å². The molecule has 0 saturated carbocycles. The molecule has 1 heterocycles. The summed E-state index contributed by atoms with van der Waals surface area (Å²) < 4.78 is 8.42. The molecule has 0 saturated heterocycles. The summed E-state index contributed by atoms with van der Waals surface area (Å²) in [5.41, 5.74) is 6.11. The van der Waals surface area contributed by atoms with Gasteiger partial charge in [-0.25, -0.2) is 4.98 Å². The van der Waals surface area contributed by atoms with Crippen LogP contribution in [0.3, 0.4) is 0 Å². The van der Waals surface area contributed by atoms with Gasteiger partial charge in [-0.15, -0.1) is 0 Å². The summed E-state index contributed by atoms with van der Waals surface area (Å²) in [6.07, 6.45) is 8.17. The van der Waals surface area contributed by atoms with Crippen LogP contribution < -0.4 is 4.74 Å². The third kappa shape index (κ3) is 8.32. The standard InChI is InChI=1S/C36H47N3O/c1-4-7-16-26-39-34(35(31-17-12-10-13-18-31)37-36(39)32-19-14-11-15-20-32)29-38(25-8-5-2)28-30-21-23-33(24-22-30)40-27-9-6-3/h10-15,17-24H,4-9,16,25-29H2,1-3H3. The third-order valence-electron chi connectivity index (χ3n) is 7.43. The molecular weight excluding hydrogens is 490 g/mol. The Morgan fingerprint density at radius 1 is 0.675 bits per heavy atom. The molecule has 0 aliphatic rings. The Kier molecular flexibility index (Phi) is 11.9. The van der Waals surface area contributed by atoms with E-state index in [2.05, 4.69) is 115 Å². The second-order valence-corrected chi connectivity index (χ2v) is 10.7. The Morgan fingerprint density at radius 3 is 1.98 bits per heavy atom. The Bertz CT molecular complexity index is 1250. The minimum atomic E-state index is 0.784. The quantitative estimate of drug-likeness (QED) is 0.126. The minimum absolute atomic E-state index is 0.784. The lowest BCUT2D eigenvalue weighted by molar-refractivity contribution is 0.246. The molecule has 0 N–H and O–H groups in total. The first-order chi connectivity index (χ1) is 19.7. The number of hydrogen-bond acceptors (Lipinski definition) is 3. The second kappa shape index (κ2) is 16.0. The summed E-state index contributed by atoms with van der Waals surface area (Å²) in [4.78, 5) is 7.94. The summed E-state index contributed by atoms with van der Waals surface area (Å²) >= 11 is 0. The first-order valence-electron chi connectivity index (χ1n) is 15.4. The van der Waals surface area contributed by atoms with Crippen molar-refractivity contribution in [3.63, 3.8) is 0 Å². The molecule has 0 unspecified atom stereocenters. The molecule has 0 amide bonds. The van der Waals surface area contributed by atoms with Gasteiger partial charge in [-0.1, -0.05) is 119 Å². The van der Waals surface area contributed by atoms with Crippen molar-refractivity contribution in [1.82, 2.24) is 14.5 Å². The molecule has 0 aliphatic heterocycles. The van der Waals surface area contributed by atoms with Gasteiger partial charge in [0.2, 0.25) is 0 Å². The molecule has 4 heteroatoms. The highest BCUT2D eigenvalue weighted by Crippen LogP contribution is 2.31. The van der Waals surface area contributed by atoms with Gasteiger partial charge in [0.1, 0.15) is 11.6 Å². The molecule has 0 radical (unpaired) electrons. The SMILES string of the molecule is CCCCCn1c(-c2ccccc2)nc(-c2ccccc2)c1CN(CCCC)Cc1ccc(OCCCC)cc1. The van der Waals surface area contributed by atoms with Crippen molar-refractivity contribution in [3.05, 3.63) is 96.2 Å². The predicted molar refractivity (Wildman–Crippen MR) is 168 cm³/mol. The maximum absolute atomic E-state index is 5.91. The third-order valence-corrected chi connectivity index (χ3v) is 7.43. The summed E-state index contributed by atoms with van der Waals surface area (Å²) in [6.45, 7) is 11.3. The molecular formula is C36H47N3O. The zero-order valence-corrected chi connectivity index (χ0v) is 24.8. The molecule has 0 aliphatic carbocycles. The highest BCUT2D eigenvalue weighted by Gasteiger charge is 2.22. The maximum atomic E-state index is 5.91. The van der Waals surface area contributed by atoms with Crippen molar-refractivity contribution in [1.29, 1.82) is 0 Å². The molecule has 1 aromatic heterocycles. The Hall–Kier alpha value is -3.37. The molecule has 4 rings (SSSR count). The lowest BCUT2D eigenvalue weighted by Crippen LogP contribution is -2.26. The van der Waals surface area contributed by atoms with Crippen molar-refractivity contribution in [2.24, 2.45) is 0 Å². The zero-order chi connectivity index (χ0) is 28.0. The zero-order valence-electron chi connectivity index (χ0n) is 24.8. The monoisotopic (exact) mass is 537 g/mol. The normalized spacial score (nSPS) is 11.3. The van der Waals surface area contributed by atoms with Crippen LogP contribution in [0.25, 0.3) is 22.6 Å². The van der Waals surface area contributed by atoms with Gasteiger partial charge in [0, 0.05) is 30.8 Å². The number of rotatable bonds is 17. The fraction of sp³-hybridized carbons (Fsp3) is 0.417. The summed E-state index contributed by atoms with van der Waals surface area (Å²) in [6, 6.07) is 30.1. The van der Waals surface area contributed by atoms with E-state index >= 15 is 0 Å².